The Balaban J connectivity index is 1.46. The molecular weight excluding hydrogens is 1100 g/mol. The van der Waals surface area contributed by atoms with Gasteiger partial charge in [-0.05, 0) is 98.8 Å². The predicted molar refractivity (Wildman–Crippen MR) is 326 cm³/mol. The Hall–Kier alpha value is -6.23. The van der Waals surface area contributed by atoms with Gasteiger partial charge in [0.25, 0.3) is 0 Å². The second-order valence-corrected chi connectivity index (χ2v) is 23.8. The van der Waals surface area contributed by atoms with Crippen LogP contribution < -0.4 is 26.6 Å². The Morgan fingerprint density at radius 1 is 0.798 bits per heavy atom. The number of thioether (sulfide) groups is 1. The van der Waals surface area contributed by atoms with Crippen LogP contribution in [0.1, 0.15) is 137 Å². The zero-order valence-electron chi connectivity index (χ0n) is 51.8. The second-order valence-electron chi connectivity index (χ2n) is 22.9. The number of allylic oxidation sites excluding steroid dienone is 1. The number of amides is 8. The van der Waals surface area contributed by atoms with Crippen molar-refractivity contribution in [2.24, 2.45) is 23.7 Å². The lowest BCUT2D eigenvalue weighted by atomic mass is 9.89. The van der Waals surface area contributed by atoms with Gasteiger partial charge in [0.05, 0.1) is 65.9 Å². The summed E-state index contributed by atoms with van der Waals surface area (Å²) >= 11 is 1.36. The van der Waals surface area contributed by atoms with Crippen molar-refractivity contribution < 1.29 is 62.4 Å². The van der Waals surface area contributed by atoms with Crippen LogP contribution in [-0.2, 0) is 54.3 Å². The van der Waals surface area contributed by atoms with Gasteiger partial charge in [-0.15, -0.1) is 0 Å². The fourth-order valence-corrected chi connectivity index (χ4v) is 11.4. The Kier molecular flexibility index (Phi) is 29.5. The van der Waals surface area contributed by atoms with E-state index in [1.165, 1.54) is 37.9 Å². The quantitative estimate of drug-likeness (QED) is 0.0408. The lowest BCUT2D eigenvalue weighted by molar-refractivity contribution is -0.148. The number of methoxy groups -OCH3 is 2. The number of aliphatic hydroxyl groups excluding tert-OH is 1. The third kappa shape index (κ3) is 20.8. The number of carbonyl (C=O) groups is 8. The first kappa shape index (κ1) is 70.3. The smallest absolute Gasteiger partial charge is 0.412 e. The van der Waals surface area contributed by atoms with Gasteiger partial charge in [-0.2, -0.15) is 11.8 Å². The molecule has 1 aliphatic carbocycles. The van der Waals surface area contributed by atoms with Gasteiger partial charge < -0.3 is 55.1 Å². The first-order valence-electron chi connectivity index (χ1n) is 29.7. The van der Waals surface area contributed by atoms with Crippen LogP contribution in [0, 0.1) is 23.7 Å². The summed E-state index contributed by atoms with van der Waals surface area (Å²) in [5.74, 6) is -3.66. The molecule has 0 saturated carbocycles. The minimum absolute atomic E-state index is 0.0590. The standard InChI is InChI=1S/C62H96N8O13S/c1-14-40(6)55(49(80-11)35-52(73)70-33-23-28-48(70)57(81-12)41(7)58(75)64-42(8)56(74)44-24-19-18-20-25-44)68(9)60(77)53(38(2)3)67-59(76)54(39(4)5)69(10)62(79)82-36-43-29-30-46(66-61(78)83-45-26-21-16-15-17-22-27-45)47(34-43)65-50(71)31-32-63-51(72)37-84-13/h18-21,24-26,29-30,34,38-42,45,48-49,53-57,74H,14-17,22-23,27-28,31-33,35-37H2,1-13H3,(H,63,72)(H,64,75)(H,65,71)(H,66,78)(H,67,76)/b26-21+/t40-,41+,42+,45?,48-,49+,53-,54-,55-,56+,57+/m0/s1. The molecule has 11 atom stereocenters. The molecule has 22 heteroatoms. The number of ether oxygens (including phenoxy) is 4. The average Bonchev–Trinajstić information content (AvgIpc) is 3.44. The topological polar surface area (TPSA) is 264 Å². The number of benzene rings is 2. The van der Waals surface area contributed by atoms with Crippen LogP contribution in [0.2, 0.25) is 0 Å². The molecule has 0 radical (unpaired) electrons. The van der Waals surface area contributed by atoms with E-state index in [1.54, 1.807) is 81.1 Å². The van der Waals surface area contributed by atoms with Crippen LogP contribution in [0.15, 0.2) is 60.7 Å². The number of hydrogen-bond donors (Lipinski definition) is 6. The molecule has 21 nitrogen and oxygen atoms in total. The van der Waals surface area contributed by atoms with Crippen LogP contribution in [0.4, 0.5) is 21.0 Å². The number of likely N-dealkylation sites (N-methyl/N-ethyl adjacent to an activating group) is 2. The number of aliphatic hydroxyl groups is 1. The maximum absolute atomic E-state index is 14.8. The van der Waals surface area contributed by atoms with E-state index < -0.39 is 102 Å². The minimum Gasteiger partial charge on any atom is -0.445 e. The average molecular weight is 1190 g/mol. The molecule has 8 amide bonds. The largest absolute Gasteiger partial charge is 0.445 e. The lowest BCUT2D eigenvalue weighted by Gasteiger charge is -2.41. The molecule has 2 aromatic rings. The number of rotatable bonds is 30. The lowest BCUT2D eigenvalue weighted by Crippen LogP contribution is -2.60. The Morgan fingerprint density at radius 3 is 2.15 bits per heavy atom. The molecule has 1 unspecified atom stereocenters. The fraction of sp³-hybridized carbons (Fsp3) is 0.645. The third-order valence-corrected chi connectivity index (χ3v) is 16.5. The Labute approximate surface area is 502 Å². The molecule has 1 fully saturated rings. The summed E-state index contributed by atoms with van der Waals surface area (Å²) in [6.45, 7) is 14.8. The van der Waals surface area contributed by atoms with Crippen LogP contribution in [0.3, 0.4) is 0 Å². The van der Waals surface area contributed by atoms with E-state index >= 15 is 0 Å². The number of hydrogen-bond acceptors (Lipinski definition) is 14. The molecule has 0 bridgehead atoms. The molecule has 84 heavy (non-hydrogen) atoms. The fourth-order valence-electron chi connectivity index (χ4n) is 11.0. The molecule has 0 aromatic heterocycles. The second kappa shape index (κ2) is 35.3. The molecule has 2 aromatic carbocycles. The van der Waals surface area contributed by atoms with E-state index in [4.69, 9.17) is 18.9 Å². The number of nitrogens with one attached hydrogen (secondary N) is 5. The highest BCUT2D eigenvalue weighted by Gasteiger charge is 2.44. The molecule has 6 N–H and O–H groups in total. The molecule has 2 aliphatic rings. The van der Waals surface area contributed by atoms with E-state index in [2.05, 4.69) is 26.6 Å². The monoisotopic (exact) mass is 1190 g/mol. The first-order valence-corrected chi connectivity index (χ1v) is 31.0. The van der Waals surface area contributed by atoms with E-state index in [0.29, 0.717) is 43.4 Å². The van der Waals surface area contributed by atoms with E-state index in [1.807, 2.05) is 58.0 Å². The van der Waals surface area contributed by atoms with Crippen molar-refractivity contribution in [1.82, 2.24) is 30.7 Å². The van der Waals surface area contributed by atoms with Gasteiger partial charge in [-0.25, -0.2) is 9.59 Å². The van der Waals surface area contributed by atoms with Crippen molar-refractivity contribution in [2.75, 3.05) is 64.0 Å². The van der Waals surface area contributed by atoms with Gasteiger partial charge in [0.15, 0.2) is 0 Å². The first-order chi connectivity index (χ1) is 40.0. The highest BCUT2D eigenvalue weighted by molar-refractivity contribution is 7.99. The third-order valence-electron chi connectivity index (χ3n) is 16.0. The summed E-state index contributed by atoms with van der Waals surface area (Å²) in [5, 5.41) is 25.1. The molecular formula is C62H96N8O13S. The Morgan fingerprint density at radius 2 is 1.51 bits per heavy atom. The van der Waals surface area contributed by atoms with Crippen molar-refractivity contribution >= 4 is 70.8 Å². The summed E-state index contributed by atoms with van der Waals surface area (Å²) in [7, 11) is 6.11. The molecule has 1 heterocycles. The van der Waals surface area contributed by atoms with Crippen LogP contribution in [0.5, 0.6) is 0 Å². The summed E-state index contributed by atoms with van der Waals surface area (Å²) in [4.78, 5) is 114. The van der Waals surface area contributed by atoms with Gasteiger partial charge >= 0.3 is 12.2 Å². The van der Waals surface area contributed by atoms with Gasteiger partial charge in [-0.3, -0.25) is 39.0 Å². The summed E-state index contributed by atoms with van der Waals surface area (Å²) in [6, 6.07) is 10.0. The van der Waals surface area contributed by atoms with E-state index in [-0.39, 0.29) is 66.8 Å². The van der Waals surface area contributed by atoms with Crippen molar-refractivity contribution in [3.8, 4) is 0 Å². The van der Waals surface area contributed by atoms with Gasteiger partial charge in [0.2, 0.25) is 35.4 Å². The number of carbonyl (C=O) groups excluding carboxylic acids is 8. The highest BCUT2D eigenvalue weighted by atomic mass is 32.2. The summed E-state index contributed by atoms with van der Waals surface area (Å²) in [5.41, 5.74) is 1.54. The van der Waals surface area contributed by atoms with Crippen molar-refractivity contribution in [2.45, 2.75) is 181 Å². The summed E-state index contributed by atoms with van der Waals surface area (Å²) < 4.78 is 23.5. The Bertz CT molecular complexity index is 2500. The molecule has 4 rings (SSSR count). The number of nitrogens with zero attached hydrogens (tertiary/aromatic N) is 3. The zero-order valence-corrected chi connectivity index (χ0v) is 52.6. The maximum atomic E-state index is 14.8. The van der Waals surface area contributed by atoms with Gasteiger partial charge in [0, 0.05) is 47.8 Å². The van der Waals surface area contributed by atoms with Crippen molar-refractivity contribution in [3.05, 3.63) is 71.8 Å². The number of likely N-dealkylation sites (tertiary alicyclic amines) is 1. The van der Waals surface area contributed by atoms with Crippen LogP contribution in [-0.4, -0.2) is 169 Å². The van der Waals surface area contributed by atoms with Crippen LogP contribution >= 0.6 is 11.8 Å². The van der Waals surface area contributed by atoms with E-state index in [0.717, 1.165) is 25.7 Å². The molecule has 1 aliphatic heterocycles. The molecule has 1 saturated heterocycles. The summed E-state index contributed by atoms with van der Waals surface area (Å²) in [6.07, 6.45) is 7.72. The van der Waals surface area contributed by atoms with E-state index in [9.17, 15) is 43.5 Å². The predicted octanol–water partition coefficient (Wildman–Crippen LogP) is 7.82. The van der Waals surface area contributed by atoms with Gasteiger partial charge in [-0.1, -0.05) is 104 Å². The minimum atomic E-state index is -1.09. The van der Waals surface area contributed by atoms with Crippen molar-refractivity contribution in [1.29, 1.82) is 0 Å². The maximum Gasteiger partial charge on any atom is 0.412 e. The highest BCUT2D eigenvalue weighted by Crippen LogP contribution is 2.31. The van der Waals surface area contributed by atoms with Crippen LogP contribution in [0.25, 0.3) is 0 Å². The SMILES string of the molecule is CC[C@H](C)[C@@H]([C@@H](CC(=O)N1CCC[C@H]1[C@H](OC)[C@@H](C)C(=O)N[C@H](C)[C@@H](O)c1ccccc1)OC)N(C)C(=O)[C@@H](NC(=O)[C@H](C(C)C)N(C)C(=O)OCc1ccc(NC(=O)OC2/C=C/CCCCC2)c(NC(=O)CCNC(=O)CSC)c1)C(C)C. The van der Waals surface area contributed by atoms with Crippen molar-refractivity contribution in [3.63, 3.8) is 0 Å². The molecule has 468 valence electrons. The zero-order chi connectivity index (χ0) is 62.2. The number of anilines is 2. The molecule has 0 spiro atoms. The van der Waals surface area contributed by atoms with Gasteiger partial charge in [0.1, 0.15) is 24.8 Å². The normalized spacial score (nSPS) is 18.9.